The monoisotopic (exact) mass is 220 g/mol. The van der Waals surface area contributed by atoms with E-state index in [1.807, 2.05) is 7.05 Å². The Kier molecular flexibility index (Phi) is 4.97. The smallest absolute Gasteiger partial charge is 0.0449 e. The number of hydrogen-bond acceptors (Lipinski definition) is 2. The normalized spacial score (nSPS) is 13.1. The van der Waals surface area contributed by atoms with E-state index >= 15 is 0 Å². The van der Waals surface area contributed by atoms with Gasteiger partial charge in [-0.2, -0.15) is 0 Å². The van der Waals surface area contributed by atoms with E-state index in [1.165, 1.54) is 16.7 Å². The summed E-state index contributed by atoms with van der Waals surface area (Å²) in [6, 6.07) is 7.12. The fourth-order valence-corrected chi connectivity index (χ4v) is 2.00. The summed E-state index contributed by atoms with van der Waals surface area (Å²) in [5, 5.41) is 3.40. The molecule has 1 aromatic rings. The van der Waals surface area contributed by atoms with Crippen molar-refractivity contribution in [2.45, 2.75) is 26.8 Å². The van der Waals surface area contributed by atoms with Crippen LogP contribution in [0.2, 0.25) is 0 Å². The van der Waals surface area contributed by atoms with Crippen LogP contribution in [-0.2, 0) is 0 Å². The van der Waals surface area contributed by atoms with E-state index in [9.17, 15) is 0 Å². The molecular formula is C14H24N2. The molecule has 0 bridgehead atoms. The molecule has 0 saturated heterocycles. The van der Waals surface area contributed by atoms with Gasteiger partial charge in [-0.05, 0) is 45.6 Å². The van der Waals surface area contributed by atoms with Crippen LogP contribution < -0.4 is 5.32 Å². The van der Waals surface area contributed by atoms with Crippen LogP contribution in [0.25, 0.3) is 0 Å². The van der Waals surface area contributed by atoms with Crippen molar-refractivity contribution in [1.82, 2.24) is 10.2 Å². The zero-order valence-electron chi connectivity index (χ0n) is 11.2. The average Bonchev–Trinajstić information content (AvgIpc) is 2.26. The highest BCUT2D eigenvalue weighted by Gasteiger charge is 2.13. The van der Waals surface area contributed by atoms with Crippen LogP contribution in [0.3, 0.4) is 0 Å². The first-order chi connectivity index (χ1) is 7.58. The Morgan fingerprint density at radius 2 is 2.00 bits per heavy atom. The van der Waals surface area contributed by atoms with E-state index in [0.717, 1.165) is 13.1 Å². The van der Waals surface area contributed by atoms with Gasteiger partial charge < -0.3 is 10.2 Å². The summed E-state index contributed by atoms with van der Waals surface area (Å²) in [5.41, 5.74) is 4.12. The maximum absolute atomic E-state index is 3.40. The summed E-state index contributed by atoms with van der Waals surface area (Å²) in [6.07, 6.45) is 0. The number of nitrogens with one attached hydrogen (secondary N) is 1. The Balaban J connectivity index is 2.86. The minimum atomic E-state index is 0.422. The molecule has 2 heteroatoms. The van der Waals surface area contributed by atoms with Gasteiger partial charge in [-0.1, -0.05) is 30.7 Å². The number of nitrogens with zero attached hydrogens (tertiary/aromatic N) is 1. The molecule has 16 heavy (non-hydrogen) atoms. The first-order valence-corrected chi connectivity index (χ1v) is 6.01. The molecule has 0 aliphatic heterocycles. The maximum atomic E-state index is 3.40. The van der Waals surface area contributed by atoms with Crippen molar-refractivity contribution in [1.29, 1.82) is 0 Å². The molecule has 0 heterocycles. The molecule has 1 rings (SSSR count). The Morgan fingerprint density at radius 3 is 2.50 bits per heavy atom. The summed E-state index contributed by atoms with van der Waals surface area (Å²) >= 11 is 0. The summed E-state index contributed by atoms with van der Waals surface area (Å²) in [5.74, 6) is 0. The Labute approximate surface area is 99.7 Å². The highest BCUT2D eigenvalue weighted by Crippen LogP contribution is 2.19. The average molecular weight is 220 g/mol. The minimum Gasteiger partial charge on any atom is -0.312 e. The van der Waals surface area contributed by atoms with Crippen LogP contribution in [0.5, 0.6) is 0 Å². The molecule has 0 amide bonds. The van der Waals surface area contributed by atoms with Crippen LogP contribution in [0.1, 0.15) is 29.7 Å². The van der Waals surface area contributed by atoms with Gasteiger partial charge in [0.2, 0.25) is 0 Å². The van der Waals surface area contributed by atoms with Gasteiger partial charge in [0.1, 0.15) is 0 Å². The summed E-state index contributed by atoms with van der Waals surface area (Å²) < 4.78 is 0. The number of likely N-dealkylation sites (N-methyl/N-ethyl adjacent to an activating group) is 2. The SMILES string of the molecule is CCN(C)CC(NC)c1ccc(C)cc1C. The van der Waals surface area contributed by atoms with Crippen LogP contribution in [0.15, 0.2) is 18.2 Å². The van der Waals surface area contributed by atoms with Gasteiger partial charge in [0.15, 0.2) is 0 Å². The quantitative estimate of drug-likeness (QED) is 0.820. The van der Waals surface area contributed by atoms with E-state index in [4.69, 9.17) is 0 Å². The van der Waals surface area contributed by atoms with E-state index < -0.39 is 0 Å². The second kappa shape index (κ2) is 6.02. The van der Waals surface area contributed by atoms with E-state index in [0.29, 0.717) is 6.04 Å². The highest BCUT2D eigenvalue weighted by atomic mass is 15.1. The molecule has 0 radical (unpaired) electrons. The zero-order chi connectivity index (χ0) is 12.1. The number of benzene rings is 1. The van der Waals surface area contributed by atoms with Crippen LogP contribution in [-0.4, -0.2) is 32.1 Å². The van der Waals surface area contributed by atoms with Crippen molar-refractivity contribution in [3.8, 4) is 0 Å². The molecule has 0 aliphatic rings. The van der Waals surface area contributed by atoms with Gasteiger partial charge in [0.25, 0.3) is 0 Å². The first-order valence-electron chi connectivity index (χ1n) is 6.01. The lowest BCUT2D eigenvalue weighted by molar-refractivity contribution is 0.310. The standard InChI is InChI=1S/C14H24N2/c1-6-16(5)10-14(15-4)13-8-7-11(2)9-12(13)3/h7-9,14-15H,6,10H2,1-5H3. The van der Waals surface area contributed by atoms with E-state index in [2.05, 4.69) is 56.2 Å². The molecule has 0 spiro atoms. The van der Waals surface area contributed by atoms with Gasteiger partial charge in [-0.3, -0.25) is 0 Å². The minimum absolute atomic E-state index is 0.422. The predicted octanol–water partition coefficient (Wildman–Crippen LogP) is 2.52. The van der Waals surface area contributed by atoms with Crippen LogP contribution >= 0.6 is 0 Å². The van der Waals surface area contributed by atoms with Gasteiger partial charge in [0.05, 0.1) is 0 Å². The van der Waals surface area contributed by atoms with Crippen molar-refractivity contribution in [2.24, 2.45) is 0 Å². The predicted molar refractivity (Wildman–Crippen MR) is 70.9 cm³/mol. The van der Waals surface area contributed by atoms with Crippen molar-refractivity contribution in [2.75, 3.05) is 27.2 Å². The largest absolute Gasteiger partial charge is 0.312 e. The Bertz CT molecular complexity index is 334. The summed E-state index contributed by atoms with van der Waals surface area (Å²) in [4.78, 5) is 2.33. The van der Waals surface area contributed by atoms with Gasteiger partial charge in [-0.25, -0.2) is 0 Å². The van der Waals surface area contributed by atoms with Gasteiger partial charge in [-0.15, -0.1) is 0 Å². The van der Waals surface area contributed by atoms with E-state index in [-0.39, 0.29) is 0 Å². The molecule has 1 aromatic carbocycles. The zero-order valence-corrected chi connectivity index (χ0v) is 11.2. The third-order valence-corrected chi connectivity index (χ3v) is 3.18. The third-order valence-electron chi connectivity index (χ3n) is 3.18. The molecule has 90 valence electrons. The Morgan fingerprint density at radius 1 is 1.31 bits per heavy atom. The highest BCUT2D eigenvalue weighted by molar-refractivity contribution is 5.33. The molecular weight excluding hydrogens is 196 g/mol. The van der Waals surface area contributed by atoms with Crippen molar-refractivity contribution in [3.63, 3.8) is 0 Å². The Hall–Kier alpha value is -0.860. The second-order valence-electron chi connectivity index (χ2n) is 4.56. The lowest BCUT2D eigenvalue weighted by Crippen LogP contribution is -2.31. The van der Waals surface area contributed by atoms with E-state index in [1.54, 1.807) is 0 Å². The number of aryl methyl sites for hydroxylation is 2. The van der Waals surface area contributed by atoms with Crippen molar-refractivity contribution < 1.29 is 0 Å². The molecule has 0 aliphatic carbocycles. The fraction of sp³-hybridized carbons (Fsp3) is 0.571. The molecule has 0 saturated carbocycles. The molecule has 1 N–H and O–H groups in total. The van der Waals surface area contributed by atoms with Gasteiger partial charge in [0, 0.05) is 12.6 Å². The summed E-state index contributed by atoms with van der Waals surface area (Å²) in [7, 11) is 4.20. The molecule has 1 atom stereocenters. The maximum Gasteiger partial charge on any atom is 0.0449 e. The molecule has 0 fully saturated rings. The van der Waals surface area contributed by atoms with Crippen molar-refractivity contribution >= 4 is 0 Å². The molecule has 2 nitrogen and oxygen atoms in total. The number of rotatable bonds is 5. The lowest BCUT2D eigenvalue weighted by Gasteiger charge is -2.24. The summed E-state index contributed by atoms with van der Waals surface area (Å²) in [6.45, 7) is 8.66. The number of hydrogen-bond donors (Lipinski definition) is 1. The van der Waals surface area contributed by atoms with Crippen LogP contribution in [0, 0.1) is 13.8 Å². The second-order valence-corrected chi connectivity index (χ2v) is 4.56. The van der Waals surface area contributed by atoms with Crippen LogP contribution in [0.4, 0.5) is 0 Å². The molecule has 0 aromatic heterocycles. The fourth-order valence-electron chi connectivity index (χ4n) is 2.00. The first kappa shape index (κ1) is 13.2. The van der Waals surface area contributed by atoms with Crippen molar-refractivity contribution in [3.05, 3.63) is 34.9 Å². The van der Waals surface area contributed by atoms with Gasteiger partial charge >= 0.3 is 0 Å². The lowest BCUT2D eigenvalue weighted by atomic mass is 9.99. The third kappa shape index (κ3) is 3.32. The molecule has 1 unspecified atom stereocenters. The topological polar surface area (TPSA) is 15.3 Å².